The standard InChI is InChI=1S/C20H25F3N4O3/c21-20(22,23)18(14-4-2-1-3-5-14)25-8-10-26(11-9-25)19(29)27-7-6-16-15(12-27)24-17(28)13-30-16/h1-5,15-16,18H,6-13H2,(H,24,28)/t15-,16?,18?/m1/s1. The summed E-state index contributed by atoms with van der Waals surface area (Å²) >= 11 is 0. The maximum atomic E-state index is 13.7. The van der Waals surface area contributed by atoms with Gasteiger partial charge in [0.25, 0.3) is 0 Å². The molecule has 3 amide bonds. The molecule has 10 heteroatoms. The number of nitrogens with zero attached hydrogens (tertiary/aromatic N) is 3. The van der Waals surface area contributed by atoms with E-state index in [-0.39, 0.29) is 62.4 Å². The van der Waals surface area contributed by atoms with Gasteiger partial charge in [-0.2, -0.15) is 13.2 Å². The number of urea groups is 1. The lowest BCUT2D eigenvalue weighted by Gasteiger charge is -2.44. The highest BCUT2D eigenvalue weighted by molar-refractivity contribution is 5.79. The molecule has 0 saturated carbocycles. The summed E-state index contributed by atoms with van der Waals surface area (Å²) in [5, 5.41) is 2.85. The smallest absolute Gasteiger partial charge is 0.366 e. The van der Waals surface area contributed by atoms with Gasteiger partial charge in [0.05, 0.1) is 12.1 Å². The molecular weight excluding hydrogens is 401 g/mol. The van der Waals surface area contributed by atoms with Crippen molar-refractivity contribution in [1.29, 1.82) is 0 Å². The molecular formula is C20H25F3N4O3. The van der Waals surface area contributed by atoms with Crippen molar-refractivity contribution in [1.82, 2.24) is 20.0 Å². The average Bonchev–Trinajstić information content (AvgIpc) is 2.73. The van der Waals surface area contributed by atoms with Crippen LogP contribution in [0.15, 0.2) is 30.3 Å². The molecule has 3 saturated heterocycles. The number of ether oxygens (including phenoxy) is 1. The van der Waals surface area contributed by atoms with Crippen molar-refractivity contribution in [3.05, 3.63) is 35.9 Å². The summed E-state index contributed by atoms with van der Waals surface area (Å²) in [6, 6.07) is 5.75. The predicted molar refractivity (Wildman–Crippen MR) is 102 cm³/mol. The molecule has 2 unspecified atom stereocenters. The zero-order valence-electron chi connectivity index (χ0n) is 16.5. The zero-order chi connectivity index (χ0) is 21.3. The van der Waals surface area contributed by atoms with Crippen LogP contribution in [0, 0.1) is 0 Å². The van der Waals surface area contributed by atoms with E-state index in [0.717, 1.165) is 0 Å². The lowest BCUT2D eigenvalue weighted by atomic mass is 10.0. The van der Waals surface area contributed by atoms with Crippen LogP contribution in [0.3, 0.4) is 0 Å². The number of nitrogens with one attached hydrogen (secondary N) is 1. The quantitative estimate of drug-likeness (QED) is 0.781. The first-order chi connectivity index (χ1) is 14.3. The molecule has 3 aliphatic heterocycles. The molecule has 3 atom stereocenters. The molecule has 3 heterocycles. The molecule has 0 spiro atoms. The first-order valence-electron chi connectivity index (χ1n) is 10.1. The number of piperazine rings is 1. The third kappa shape index (κ3) is 4.39. The Kier molecular flexibility index (Phi) is 5.88. The summed E-state index contributed by atoms with van der Waals surface area (Å²) in [4.78, 5) is 29.1. The lowest BCUT2D eigenvalue weighted by molar-refractivity contribution is -0.189. The maximum absolute atomic E-state index is 13.7. The van der Waals surface area contributed by atoms with E-state index in [9.17, 15) is 22.8 Å². The van der Waals surface area contributed by atoms with E-state index in [0.29, 0.717) is 19.5 Å². The minimum absolute atomic E-state index is 0.0405. The van der Waals surface area contributed by atoms with Gasteiger partial charge in [0.2, 0.25) is 5.91 Å². The van der Waals surface area contributed by atoms with Crippen molar-refractivity contribution >= 4 is 11.9 Å². The first kappa shape index (κ1) is 20.9. The van der Waals surface area contributed by atoms with Gasteiger partial charge >= 0.3 is 12.2 Å². The van der Waals surface area contributed by atoms with Gasteiger partial charge in [-0.15, -0.1) is 0 Å². The maximum Gasteiger partial charge on any atom is 0.408 e. The van der Waals surface area contributed by atoms with E-state index in [1.807, 2.05) is 0 Å². The van der Waals surface area contributed by atoms with E-state index in [1.54, 1.807) is 28.0 Å². The van der Waals surface area contributed by atoms with E-state index >= 15 is 0 Å². The minimum atomic E-state index is -4.39. The number of carbonyl (C=O) groups is 2. The summed E-state index contributed by atoms with van der Waals surface area (Å²) in [6.45, 7) is 1.64. The number of hydrogen-bond donors (Lipinski definition) is 1. The van der Waals surface area contributed by atoms with Gasteiger partial charge in [0.15, 0.2) is 0 Å². The van der Waals surface area contributed by atoms with Crippen LogP contribution in [0.2, 0.25) is 0 Å². The van der Waals surface area contributed by atoms with E-state index < -0.39 is 12.2 Å². The summed E-state index contributed by atoms with van der Waals surface area (Å²) in [7, 11) is 0. The van der Waals surface area contributed by atoms with Crippen LogP contribution in [0.25, 0.3) is 0 Å². The van der Waals surface area contributed by atoms with Crippen LogP contribution < -0.4 is 5.32 Å². The first-order valence-corrected chi connectivity index (χ1v) is 10.1. The Balaban J connectivity index is 1.37. The van der Waals surface area contributed by atoms with Crippen LogP contribution in [0.1, 0.15) is 18.0 Å². The fraction of sp³-hybridized carbons (Fsp3) is 0.600. The molecule has 30 heavy (non-hydrogen) atoms. The topological polar surface area (TPSA) is 65.1 Å². The van der Waals surface area contributed by atoms with Crippen LogP contribution in [-0.4, -0.2) is 90.8 Å². The van der Waals surface area contributed by atoms with Crippen molar-refractivity contribution in [3.8, 4) is 0 Å². The fourth-order valence-corrected chi connectivity index (χ4v) is 4.49. The van der Waals surface area contributed by atoms with E-state index in [4.69, 9.17) is 4.74 Å². The summed E-state index contributed by atoms with van der Waals surface area (Å²) in [6.07, 6.45) is -3.86. The minimum Gasteiger partial charge on any atom is -0.366 e. The molecule has 0 aliphatic carbocycles. The molecule has 0 aromatic heterocycles. The number of likely N-dealkylation sites (tertiary alicyclic amines) is 1. The lowest BCUT2D eigenvalue weighted by Crippen LogP contribution is -2.63. The Bertz CT molecular complexity index is 768. The second kappa shape index (κ2) is 8.43. The number of morpholine rings is 1. The Morgan fingerprint density at radius 1 is 1.07 bits per heavy atom. The number of carbonyl (C=O) groups excluding carboxylic acids is 2. The SMILES string of the molecule is O=C1COC2CCN(C(=O)N3CCN(C(c4ccccc4)C(F)(F)F)CC3)C[C@H]2N1. The van der Waals surface area contributed by atoms with E-state index in [2.05, 4.69) is 5.32 Å². The number of halogens is 3. The molecule has 3 aliphatic rings. The largest absolute Gasteiger partial charge is 0.408 e. The normalized spacial score (nSPS) is 26.7. The summed E-state index contributed by atoms with van der Waals surface area (Å²) < 4.78 is 46.8. The van der Waals surface area contributed by atoms with Gasteiger partial charge in [0.1, 0.15) is 12.6 Å². The van der Waals surface area contributed by atoms with Crippen LogP contribution in [-0.2, 0) is 9.53 Å². The predicted octanol–water partition coefficient (Wildman–Crippen LogP) is 1.62. The van der Waals surface area contributed by atoms with Crippen molar-refractivity contribution in [2.24, 2.45) is 0 Å². The molecule has 0 bridgehead atoms. The molecule has 7 nitrogen and oxygen atoms in total. The van der Waals surface area contributed by atoms with Crippen LogP contribution in [0.5, 0.6) is 0 Å². The number of piperidine rings is 1. The van der Waals surface area contributed by atoms with Crippen LogP contribution in [0.4, 0.5) is 18.0 Å². The average molecular weight is 426 g/mol. The highest BCUT2D eigenvalue weighted by Crippen LogP contribution is 2.38. The summed E-state index contributed by atoms with van der Waals surface area (Å²) in [5.74, 6) is -0.196. The van der Waals surface area contributed by atoms with Gasteiger partial charge in [-0.05, 0) is 12.0 Å². The number of rotatable bonds is 2. The van der Waals surface area contributed by atoms with Crippen molar-refractivity contribution in [2.45, 2.75) is 30.8 Å². The van der Waals surface area contributed by atoms with Gasteiger partial charge < -0.3 is 19.9 Å². The number of alkyl halides is 3. The fourth-order valence-electron chi connectivity index (χ4n) is 4.49. The molecule has 1 N–H and O–H groups in total. The Hall–Kier alpha value is -2.33. The van der Waals surface area contributed by atoms with Gasteiger partial charge in [-0.1, -0.05) is 30.3 Å². The number of fused-ring (bicyclic) bond motifs is 1. The molecule has 164 valence electrons. The Morgan fingerprint density at radius 2 is 1.77 bits per heavy atom. The van der Waals surface area contributed by atoms with E-state index in [1.165, 1.54) is 17.0 Å². The highest BCUT2D eigenvalue weighted by Gasteiger charge is 2.46. The van der Waals surface area contributed by atoms with Gasteiger partial charge in [0, 0.05) is 39.3 Å². The van der Waals surface area contributed by atoms with Gasteiger partial charge in [-0.3, -0.25) is 9.69 Å². The van der Waals surface area contributed by atoms with Crippen molar-refractivity contribution in [2.75, 3.05) is 45.9 Å². The second-order valence-electron chi connectivity index (χ2n) is 7.92. The molecule has 4 rings (SSSR count). The Labute approximate surface area is 172 Å². The molecule has 0 radical (unpaired) electrons. The highest BCUT2D eigenvalue weighted by atomic mass is 19.4. The monoisotopic (exact) mass is 426 g/mol. The Morgan fingerprint density at radius 3 is 2.43 bits per heavy atom. The second-order valence-corrected chi connectivity index (χ2v) is 7.92. The molecule has 1 aromatic carbocycles. The number of benzene rings is 1. The zero-order valence-corrected chi connectivity index (χ0v) is 16.5. The number of hydrogen-bond acceptors (Lipinski definition) is 4. The van der Waals surface area contributed by atoms with Crippen LogP contribution >= 0.6 is 0 Å². The van der Waals surface area contributed by atoms with Crippen molar-refractivity contribution in [3.63, 3.8) is 0 Å². The third-order valence-electron chi connectivity index (χ3n) is 5.97. The number of amides is 3. The third-order valence-corrected chi connectivity index (χ3v) is 5.97. The van der Waals surface area contributed by atoms with Gasteiger partial charge in [-0.25, -0.2) is 4.79 Å². The molecule has 1 aromatic rings. The molecule has 3 fully saturated rings. The van der Waals surface area contributed by atoms with Crippen molar-refractivity contribution < 1.29 is 27.5 Å². The summed E-state index contributed by atoms with van der Waals surface area (Å²) in [5.41, 5.74) is 0.208.